The number of halogens is 1. The minimum absolute atomic E-state index is 0.466. The van der Waals surface area contributed by atoms with E-state index in [9.17, 15) is 0 Å². The summed E-state index contributed by atoms with van der Waals surface area (Å²) in [6, 6.07) is 7.57. The molecule has 0 radical (unpaired) electrons. The number of rotatable bonds is 3. The molecule has 2 heterocycles. The molecule has 0 bridgehead atoms. The molecule has 0 N–H and O–H groups in total. The van der Waals surface area contributed by atoms with Crippen LogP contribution < -0.4 is 9.47 Å². The Bertz CT molecular complexity index is 631. The molecule has 1 aromatic heterocycles. The quantitative estimate of drug-likeness (QED) is 0.811. The van der Waals surface area contributed by atoms with Crippen molar-refractivity contribution >= 4 is 11.6 Å². The van der Waals surface area contributed by atoms with Crippen molar-refractivity contribution in [2.45, 2.75) is 19.8 Å². The summed E-state index contributed by atoms with van der Waals surface area (Å²) >= 11 is 6.07. The first-order chi connectivity index (χ1) is 9.76. The molecular formula is C15H15ClN2O2. The Labute approximate surface area is 122 Å². The summed E-state index contributed by atoms with van der Waals surface area (Å²) < 4.78 is 11.1. The van der Waals surface area contributed by atoms with E-state index in [0.29, 0.717) is 18.4 Å². The minimum Gasteiger partial charge on any atom is -0.486 e. The van der Waals surface area contributed by atoms with E-state index in [1.54, 1.807) is 6.07 Å². The van der Waals surface area contributed by atoms with Gasteiger partial charge in [-0.3, -0.25) is 0 Å². The zero-order chi connectivity index (χ0) is 13.9. The molecular weight excluding hydrogens is 276 g/mol. The van der Waals surface area contributed by atoms with Crippen LogP contribution in [0.4, 0.5) is 0 Å². The highest BCUT2D eigenvalue weighted by molar-refractivity contribution is 6.29. The molecule has 0 saturated carbocycles. The smallest absolute Gasteiger partial charge is 0.162 e. The van der Waals surface area contributed by atoms with Crippen LogP contribution in [0.2, 0.25) is 5.15 Å². The van der Waals surface area contributed by atoms with Crippen LogP contribution in [-0.4, -0.2) is 23.2 Å². The number of ether oxygens (including phenoxy) is 2. The molecule has 0 unspecified atom stereocenters. The zero-order valence-electron chi connectivity index (χ0n) is 11.2. The summed E-state index contributed by atoms with van der Waals surface area (Å²) in [6.45, 7) is 3.25. The number of hydrogen-bond acceptors (Lipinski definition) is 4. The van der Waals surface area contributed by atoms with Gasteiger partial charge in [-0.15, -0.1) is 0 Å². The Hall–Kier alpha value is -1.81. The van der Waals surface area contributed by atoms with E-state index in [-0.39, 0.29) is 0 Å². The van der Waals surface area contributed by atoms with Crippen molar-refractivity contribution in [2.24, 2.45) is 0 Å². The normalized spacial score (nSPS) is 13.3. The van der Waals surface area contributed by atoms with Gasteiger partial charge in [-0.2, -0.15) is 0 Å². The molecule has 2 aromatic rings. The van der Waals surface area contributed by atoms with E-state index in [1.165, 1.54) is 0 Å². The second-order valence-corrected chi connectivity index (χ2v) is 4.99. The molecule has 1 aliphatic rings. The zero-order valence-corrected chi connectivity index (χ0v) is 12.0. The highest BCUT2D eigenvalue weighted by Gasteiger charge is 2.13. The van der Waals surface area contributed by atoms with Gasteiger partial charge >= 0.3 is 0 Å². The lowest BCUT2D eigenvalue weighted by molar-refractivity contribution is 0.171. The number of aromatic nitrogens is 2. The molecule has 104 valence electrons. The summed E-state index contributed by atoms with van der Waals surface area (Å²) in [6.07, 6.45) is 1.80. The van der Waals surface area contributed by atoms with E-state index in [1.807, 2.05) is 18.2 Å². The Morgan fingerprint density at radius 3 is 2.70 bits per heavy atom. The third-order valence-corrected chi connectivity index (χ3v) is 3.25. The first-order valence-corrected chi connectivity index (χ1v) is 7.07. The maximum absolute atomic E-state index is 6.07. The fourth-order valence-electron chi connectivity index (χ4n) is 2.15. The van der Waals surface area contributed by atoms with Crippen LogP contribution >= 0.6 is 11.6 Å². The predicted octanol–water partition coefficient (Wildman–Crippen LogP) is 3.52. The molecule has 0 atom stereocenters. The van der Waals surface area contributed by atoms with Crippen LogP contribution in [-0.2, 0) is 6.42 Å². The number of hydrogen-bond donors (Lipinski definition) is 0. The van der Waals surface area contributed by atoms with Gasteiger partial charge in [0.05, 0.1) is 5.69 Å². The van der Waals surface area contributed by atoms with E-state index >= 15 is 0 Å². The first-order valence-electron chi connectivity index (χ1n) is 6.70. The molecule has 1 aromatic carbocycles. The number of aryl methyl sites for hydroxylation is 1. The van der Waals surface area contributed by atoms with Gasteiger partial charge in [0.25, 0.3) is 0 Å². The Morgan fingerprint density at radius 2 is 1.90 bits per heavy atom. The van der Waals surface area contributed by atoms with Crippen molar-refractivity contribution < 1.29 is 9.47 Å². The molecule has 3 rings (SSSR count). The highest BCUT2D eigenvalue weighted by atomic mass is 35.5. The third kappa shape index (κ3) is 2.70. The molecule has 0 spiro atoms. The Kier molecular flexibility index (Phi) is 3.74. The number of benzene rings is 1. The third-order valence-electron chi connectivity index (χ3n) is 3.05. The second-order valence-electron chi connectivity index (χ2n) is 4.60. The fourth-order valence-corrected chi connectivity index (χ4v) is 2.35. The highest BCUT2D eigenvalue weighted by Crippen LogP contribution is 2.34. The van der Waals surface area contributed by atoms with E-state index in [4.69, 9.17) is 21.1 Å². The van der Waals surface area contributed by atoms with Crippen LogP contribution in [0, 0.1) is 0 Å². The minimum atomic E-state index is 0.466. The fraction of sp³-hybridized carbons (Fsp3) is 0.333. The van der Waals surface area contributed by atoms with Gasteiger partial charge in [-0.1, -0.05) is 18.5 Å². The molecule has 0 fully saturated rings. The van der Waals surface area contributed by atoms with Crippen LogP contribution in [0.3, 0.4) is 0 Å². The molecule has 1 aliphatic heterocycles. The molecule has 20 heavy (non-hydrogen) atoms. The van der Waals surface area contributed by atoms with Crippen molar-refractivity contribution in [3.05, 3.63) is 35.2 Å². The number of nitrogens with zero attached hydrogens (tertiary/aromatic N) is 2. The Balaban J connectivity index is 1.99. The lowest BCUT2D eigenvalue weighted by Gasteiger charge is -2.18. The summed E-state index contributed by atoms with van der Waals surface area (Å²) in [5.41, 5.74) is 1.77. The van der Waals surface area contributed by atoms with Crippen molar-refractivity contribution in [3.63, 3.8) is 0 Å². The van der Waals surface area contributed by atoms with Crippen LogP contribution in [0.25, 0.3) is 11.3 Å². The van der Waals surface area contributed by atoms with Gasteiger partial charge in [-0.05, 0) is 24.6 Å². The maximum Gasteiger partial charge on any atom is 0.162 e. The average molecular weight is 291 g/mol. The van der Waals surface area contributed by atoms with Crippen molar-refractivity contribution in [1.82, 2.24) is 9.97 Å². The summed E-state index contributed by atoms with van der Waals surface area (Å²) in [5.74, 6) is 2.29. The van der Waals surface area contributed by atoms with Gasteiger partial charge in [0.2, 0.25) is 0 Å². The van der Waals surface area contributed by atoms with E-state index in [0.717, 1.165) is 41.4 Å². The predicted molar refractivity (Wildman–Crippen MR) is 77.5 cm³/mol. The second kappa shape index (κ2) is 5.67. The van der Waals surface area contributed by atoms with Gasteiger partial charge < -0.3 is 9.47 Å². The molecule has 4 nitrogen and oxygen atoms in total. The first kappa shape index (κ1) is 13.2. The lowest BCUT2D eigenvalue weighted by atomic mass is 10.1. The van der Waals surface area contributed by atoms with Crippen molar-refractivity contribution in [3.8, 4) is 22.8 Å². The standard InChI is InChI=1S/C15H15ClN2O2/c1-2-3-15-17-11(9-14(16)18-15)10-4-5-12-13(8-10)20-7-6-19-12/h4-5,8-9H,2-3,6-7H2,1H3. The van der Waals surface area contributed by atoms with Crippen LogP contribution in [0.1, 0.15) is 19.2 Å². The number of fused-ring (bicyclic) bond motifs is 1. The molecule has 0 amide bonds. The lowest BCUT2D eigenvalue weighted by Crippen LogP contribution is -2.15. The van der Waals surface area contributed by atoms with Crippen LogP contribution in [0.5, 0.6) is 11.5 Å². The van der Waals surface area contributed by atoms with Crippen molar-refractivity contribution in [1.29, 1.82) is 0 Å². The molecule has 0 aliphatic carbocycles. The molecule has 0 saturated heterocycles. The van der Waals surface area contributed by atoms with E-state index < -0.39 is 0 Å². The summed E-state index contributed by atoms with van der Waals surface area (Å²) in [4.78, 5) is 8.79. The Morgan fingerprint density at radius 1 is 1.10 bits per heavy atom. The molecule has 5 heteroatoms. The summed E-state index contributed by atoms with van der Waals surface area (Å²) in [7, 11) is 0. The summed E-state index contributed by atoms with van der Waals surface area (Å²) in [5, 5.41) is 0.466. The largest absolute Gasteiger partial charge is 0.486 e. The average Bonchev–Trinajstić information content (AvgIpc) is 2.46. The maximum atomic E-state index is 6.07. The van der Waals surface area contributed by atoms with Gasteiger partial charge in [0.1, 0.15) is 24.2 Å². The van der Waals surface area contributed by atoms with E-state index in [2.05, 4.69) is 16.9 Å². The van der Waals surface area contributed by atoms with Crippen molar-refractivity contribution in [2.75, 3.05) is 13.2 Å². The SMILES string of the molecule is CCCc1nc(Cl)cc(-c2ccc3c(c2)OCCO3)n1. The van der Waals surface area contributed by atoms with Gasteiger partial charge in [0.15, 0.2) is 11.5 Å². The topological polar surface area (TPSA) is 44.2 Å². The van der Waals surface area contributed by atoms with Gasteiger partial charge in [0, 0.05) is 18.1 Å². The van der Waals surface area contributed by atoms with Gasteiger partial charge in [-0.25, -0.2) is 9.97 Å². The van der Waals surface area contributed by atoms with Crippen LogP contribution in [0.15, 0.2) is 24.3 Å². The monoisotopic (exact) mass is 290 g/mol.